The highest BCUT2D eigenvalue weighted by Crippen LogP contribution is 2.19. The third-order valence-corrected chi connectivity index (χ3v) is 4.98. The Morgan fingerprint density at radius 1 is 1.04 bits per heavy atom. The minimum Gasteiger partial charge on any atom is -0.315 e. The lowest BCUT2D eigenvalue weighted by Gasteiger charge is -2.16. The lowest BCUT2D eigenvalue weighted by Crippen LogP contribution is -2.27. The zero-order chi connectivity index (χ0) is 17.6. The number of anilines is 1. The summed E-state index contributed by atoms with van der Waals surface area (Å²) < 4.78 is 1.95. The fraction of sp³-hybridized carbons (Fsp3) is 0.211. The number of para-hydroxylation sites is 1. The van der Waals surface area contributed by atoms with Gasteiger partial charge in [-0.2, -0.15) is 0 Å². The maximum Gasteiger partial charge on any atom is 0.237 e. The molecule has 3 rings (SSSR count). The van der Waals surface area contributed by atoms with Crippen molar-refractivity contribution in [1.82, 2.24) is 14.8 Å². The molecule has 2 aromatic carbocycles. The van der Waals surface area contributed by atoms with Gasteiger partial charge in [-0.25, -0.2) is 0 Å². The predicted octanol–water partition coefficient (Wildman–Crippen LogP) is 3.16. The van der Waals surface area contributed by atoms with Crippen LogP contribution in [-0.2, 0) is 18.3 Å². The summed E-state index contributed by atoms with van der Waals surface area (Å²) in [7, 11) is 3.72. The lowest BCUT2D eigenvalue weighted by molar-refractivity contribution is -0.115. The maximum atomic E-state index is 12.4. The van der Waals surface area contributed by atoms with Crippen LogP contribution in [-0.4, -0.2) is 33.5 Å². The van der Waals surface area contributed by atoms with Gasteiger partial charge < -0.3 is 9.47 Å². The van der Waals surface area contributed by atoms with E-state index in [4.69, 9.17) is 0 Å². The Labute approximate surface area is 151 Å². The number of rotatable bonds is 6. The molecule has 1 aromatic heterocycles. The summed E-state index contributed by atoms with van der Waals surface area (Å²) >= 11 is 1.41. The molecule has 5 nitrogen and oxygen atoms in total. The van der Waals surface area contributed by atoms with Crippen LogP contribution in [0.25, 0.3) is 0 Å². The van der Waals surface area contributed by atoms with Crippen LogP contribution in [0.5, 0.6) is 0 Å². The molecule has 0 radical (unpaired) electrons. The second kappa shape index (κ2) is 7.98. The SMILES string of the molecule is CN(C(=O)CSc1nnc(Cc2ccccc2)n1C)c1ccccc1. The molecular weight excluding hydrogens is 332 g/mol. The Morgan fingerprint density at radius 3 is 2.36 bits per heavy atom. The van der Waals surface area contributed by atoms with Gasteiger partial charge in [0.05, 0.1) is 5.75 Å². The van der Waals surface area contributed by atoms with Crippen LogP contribution in [0.4, 0.5) is 5.69 Å². The summed E-state index contributed by atoms with van der Waals surface area (Å²) in [4.78, 5) is 14.0. The fourth-order valence-corrected chi connectivity index (χ4v) is 3.27. The molecule has 0 atom stereocenters. The summed E-state index contributed by atoms with van der Waals surface area (Å²) in [5.41, 5.74) is 2.07. The van der Waals surface area contributed by atoms with Crippen molar-refractivity contribution in [3.63, 3.8) is 0 Å². The molecule has 1 heterocycles. The van der Waals surface area contributed by atoms with Crippen molar-refractivity contribution >= 4 is 23.4 Å². The number of benzene rings is 2. The molecule has 0 saturated carbocycles. The van der Waals surface area contributed by atoms with Gasteiger partial charge in [-0.3, -0.25) is 4.79 Å². The topological polar surface area (TPSA) is 51.0 Å². The van der Waals surface area contributed by atoms with Crippen LogP contribution >= 0.6 is 11.8 Å². The Morgan fingerprint density at radius 2 is 1.68 bits per heavy atom. The monoisotopic (exact) mass is 352 g/mol. The second-order valence-electron chi connectivity index (χ2n) is 5.70. The van der Waals surface area contributed by atoms with E-state index in [1.165, 1.54) is 17.3 Å². The van der Waals surface area contributed by atoms with Crippen LogP contribution in [0, 0.1) is 0 Å². The van der Waals surface area contributed by atoms with E-state index in [0.717, 1.165) is 23.1 Å². The van der Waals surface area contributed by atoms with Gasteiger partial charge in [0.25, 0.3) is 0 Å². The average Bonchev–Trinajstić information content (AvgIpc) is 3.00. The van der Waals surface area contributed by atoms with Gasteiger partial charge in [0.1, 0.15) is 5.82 Å². The lowest BCUT2D eigenvalue weighted by atomic mass is 10.1. The summed E-state index contributed by atoms with van der Waals surface area (Å²) in [6.45, 7) is 0. The van der Waals surface area contributed by atoms with Crippen molar-refractivity contribution in [3.05, 3.63) is 72.1 Å². The molecule has 1 amide bonds. The smallest absolute Gasteiger partial charge is 0.237 e. The van der Waals surface area contributed by atoms with Crippen LogP contribution < -0.4 is 4.90 Å². The summed E-state index contributed by atoms with van der Waals surface area (Å²) in [5.74, 6) is 1.24. The first-order valence-electron chi connectivity index (χ1n) is 8.02. The molecule has 0 saturated heterocycles. The van der Waals surface area contributed by atoms with Crippen LogP contribution in [0.3, 0.4) is 0 Å². The first-order chi connectivity index (χ1) is 12.1. The molecule has 128 valence electrons. The molecule has 0 aliphatic heterocycles. The van der Waals surface area contributed by atoms with E-state index in [0.29, 0.717) is 5.75 Å². The molecule has 0 spiro atoms. The van der Waals surface area contributed by atoms with Gasteiger partial charge in [0.2, 0.25) is 5.91 Å². The van der Waals surface area contributed by atoms with Gasteiger partial charge >= 0.3 is 0 Å². The summed E-state index contributed by atoms with van der Waals surface area (Å²) in [5, 5.41) is 9.23. The molecule has 0 N–H and O–H groups in total. The number of carbonyl (C=O) groups excluding carboxylic acids is 1. The normalized spacial score (nSPS) is 10.6. The molecule has 3 aromatic rings. The zero-order valence-corrected chi connectivity index (χ0v) is 15.1. The van der Waals surface area contributed by atoms with Crippen molar-refractivity contribution in [3.8, 4) is 0 Å². The third kappa shape index (κ3) is 4.28. The van der Waals surface area contributed by atoms with Gasteiger partial charge in [0, 0.05) is 26.2 Å². The minimum absolute atomic E-state index is 0.0313. The molecule has 0 unspecified atom stereocenters. The highest BCUT2D eigenvalue weighted by atomic mass is 32.2. The summed E-state index contributed by atoms with van der Waals surface area (Å²) in [6, 6.07) is 19.8. The van der Waals surface area contributed by atoms with E-state index in [-0.39, 0.29) is 5.91 Å². The van der Waals surface area contributed by atoms with Crippen molar-refractivity contribution < 1.29 is 4.79 Å². The van der Waals surface area contributed by atoms with Crippen molar-refractivity contribution in [2.75, 3.05) is 17.7 Å². The first-order valence-corrected chi connectivity index (χ1v) is 9.00. The first kappa shape index (κ1) is 17.2. The van der Waals surface area contributed by atoms with Crippen LogP contribution in [0.1, 0.15) is 11.4 Å². The van der Waals surface area contributed by atoms with Crippen LogP contribution in [0.2, 0.25) is 0 Å². The molecule has 0 aliphatic rings. The number of hydrogen-bond donors (Lipinski definition) is 0. The number of nitrogens with zero attached hydrogens (tertiary/aromatic N) is 4. The maximum absolute atomic E-state index is 12.4. The second-order valence-corrected chi connectivity index (χ2v) is 6.64. The van der Waals surface area contributed by atoms with E-state index in [1.807, 2.05) is 60.1 Å². The average molecular weight is 352 g/mol. The van der Waals surface area contributed by atoms with Crippen molar-refractivity contribution in [2.24, 2.45) is 7.05 Å². The molecule has 0 fully saturated rings. The number of hydrogen-bond acceptors (Lipinski definition) is 4. The number of thioether (sulfide) groups is 1. The highest BCUT2D eigenvalue weighted by Gasteiger charge is 2.15. The number of carbonyl (C=O) groups is 1. The number of amides is 1. The van der Waals surface area contributed by atoms with E-state index >= 15 is 0 Å². The quantitative estimate of drug-likeness (QED) is 0.640. The largest absolute Gasteiger partial charge is 0.315 e. The molecule has 6 heteroatoms. The van der Waals surface area contributed by atoms with Crippen LogP contribution in [0.15, 0.2) is 65.8 Å². The Hall–Kier alpha value is -2.60. The van der Waals surface area contributed by atoms with E-state index in [2.05, 4.69) is 22.3 Å². The van der Waals surface area contributed by atoms with Gasteiger partial charge in [-0.15, -0.1) is 10.2 Å². The Balaban J connectivity index is 1.61. The summed E-state index contributed by atoms with van der Waals surface area (Å²) in [6.07, 6.45) is 0.725. The van der Waals surface area contributed by atoms with E-state index < -0.39 is 0 Å². The Bertz CT molecular complexity index is 833. The minimum atomic E-state index is 0.0313. The number of aromatic nitrogens is 3. The van der Waals surface area contributed by atoms with Gasteiger partial charge in [-0.05, 0) is 17.7 Å². The van der Waals surface area contributed by atoms with E-state index in [9.17, 15) is 4.79 Å². The zero-order valence-electron chi connectivity index (χ0n) is 14.3. The van der Waals surface area contributed by atoms with Gasteiger partial charge in [-0.1, -0.05) is 60.3 Å². The molecule has 0 aliphatic carbocycles. The standard InChI is InChI=1S/C19H20N4OS/c1-22(16-11-7-4-8-12-16)18(24)14-25-19-21-20-17(23(19)2)13-15-9-5-3-6-10-15/h3-12H,13-14H2,1-2H3. The molecule has 25 heavy (non-hydrogen) atoms. The molecular formula is C19H20N4OS. The highest BCUT2D eigenvalue weighted by molar-refractivity contribution is 7.99. The van der Waals surface area contributed by atoms with Crippen molar-refractivity contribution in [2.45, 2.75) is 11.6 Å². The van der Waals surface area contributed by atoms with Gasteiger partial charge in [0.15, 0.2) is 5.16 Å². The Kier molecular flexibility index (Phi) is 5.50. The predicted molar refractivity (Wildman–Crippen MR) is 101 cm³/mol. The van der Waals surface area contributed by atoms with Crippen molar-refractivity contribution in [1.29, 1.82) is 0 Å². The van der Waals surface area contributed by atoms with E-state index in [1.54, 1.807) is 11.9 Å². The third-order valence-electron chi connectivity index (χ3n) is 3.97. The molecule has 0 bridgehead atoms. The fourth-order valence-electron chi connectivity index (χ4n) is 2.42.